The molecule has 2 heterocycles. The second kappa shape index (κ2) is 10.5. The lowest BCUT2D eigenvalue weighted by atomic mass is 9.88. The second-order valence-electron chi connectivity index (χ2n) is 8.04. The van der Waals surface area contributed by atoms with Crippen LogP contribution in [0, 0.1) is 5.92 Å². The molecule has 0 saturated carbocycles. The molecule has 0 unspecified atom stereocenters. The molecule has 2 aromatic carbocycles. The van der Waals surface area contributed by atoms with Crippen LogP contribution in [-0.4, -0.2) is 48.7 Å². The fraction of sp³-hybridized carbons (Fsp3) is 0.269. The van der Waals surface area contributed by atoms with Gasteiger partial charge in [0.1, 0.15) is 7.11 Å². The largest absolute Gasteiger partial charge is 0.399 e. The Bertz CT molecular complexity index is 1090. The number of rotatable bonds is 6. The molecule has 1 aliphatic heterocycles. The molecule has 0 spiro atoms. The van der Waals surface area contributed by atoms with E-state index in [1.54, 1.807) is 19.5 Å². The van der Waals surface area contributed by atoms with E-state index in [1.807, 2.05) is 72.6 Å². The lowest BCUT2D eigenvalue weighted by molar-refractivity contribution is 0.0709. The third kappa shape index (κ3) is 5.34. The Morgan fingerprint density at radius 2 is 1.55 bits per heavy atom. The van der Waals surface area contributed by atoms with Gasteiger partial charge in [-0.05, 0) is 66.9 Å². The number of amides is 1. The summed E-state index contributed by atoms with van der Waals surface area (Å²) in [5.41, 5.74) is 4.66. The third-order valence-electron chi connectivity index (χ3n) is 6.05. The smallest absolute Gasteiger partial charge is 0.253 e. The minimum atomic E-state index is 0.0586. The van der Waals surface area contributed by atoms with Gasteiger partial charge in [0, 0.05) is 60.4 Å². The number of oxime groups is 1. The van der Waals surface area contributed by atoms with Crippen LogP contribution in [0.5, 0.6) is 0 Å². The molecule has 1 fully saturated rings. The topological polar surface area (TPSA) is 58.0 Å². The number of piperidine rings is 1. The van der Waals surface area contributed by atoms with E-state index in [4.69, 9.17) is 16.4 Å². The zero-order valence-electron chi connectivity index (χ0n) is 18.8. The van der Waals surface area contributed by atoms with Crippen molar-refractivity contribution in [1.29, 1.82) is 0 Å². The van der Waals surface area contributed by atoms with E-state index in [0.29, 0.717) is 23.7 Å². The van der Waals surface area contributed by atoms with Gasteiger partial charge in [-0.2, -0.15) is 0 Å². The monoisotopic (exact) mass is 462 g/mol. The van der Waals surface area contributed by atoms with Crippen molar-refractivity contribution < 1.29 is 9.63 Å². The van der Waals surface area contributed by atoms with Crippen molar-refractivity contribution >= 4 is 34.6 Å². The number of benzene rings is 2. The van der Waals surface area contributed by atoms with Crippen molar-refractivity contribution in [3.8, 4) is 0 Å². The molecule has 6 nitrogen and oxygen atoms in total. The average molecular weight is 463 g/mol. The molecule has 33 heavy (non-hydrogen) atoms. The van der Waals surface area contributed by atoms with Gasteiger partial charge in [0.15, 0.2) is 0 Å². The summed E-state index contributed by atoms with van der Waals surface area (Å²) < 4.78 is 0. The van der Waals surface area contributed by atoms with E-state index in [-0.39, 0.29) is 11.8 Å². The summed E-state index contributed by atoms with van der Waals surface area (Å²) in [6, 6.07) is 19.3. The fourth-order valence-electron chi connectivity index (χ4n) is 4.16. The number of nitrogens with zero attached hydrogens (tertiary/aromatic N) is 4. The Balaban J connectivity index is 1.39. The van der Waals surface area contributed by atoms with Crippen LogP contribution in [0.1, 0.15) is 28.8 Å². The number of anilines is 2. The molecule has 1 saturated heterocycles. The number of carbonyl (C=O) groups excluding carboxylic acids is 1. The standard InChI is InChI=1S/C26H27ClN4O2/c1-30(24-11-15-28-16-12-24)23-9-5-21(6-10-23)26(32)31-17-13-20(14-18-31)25(29-33-2)19-3-7-22(27)8-4-19/h3-12,15-16,20H,13-14,17-18H2,1-2H3/b29-25+. The number of hydrogen-bond acceptors (Lipinski definition) is 5. The van der Waals surface area contributed by atoms with Crippen LogP contribution in [-0.2, 0) is 4.84 Å². The zero-order chi connectivity index (χ0) is 23.2. The molecule has 7 heteroatoms. The van der Waals surface area contributed by atoms with Gasteiger partial charge < -0.3 is 14.6 Å². The molecule has 1 aliphatic rings. The Kier molecular flexibility index (Phi) is 7.25. The molecule has 1 amide bonds. The highest BCUT2D eigenvalue weighted by Crippen LogP contribution is 2.26. The summed E-state index contributed by atoms with van der Waals surface area (Å²) in [6.07, 6.45) is 5.20. The van der Waals surface area contributed by atoms with E-state index in [2.05, 4.69) is 15.0 Å². The lowest BCUT2D eigenvalue weighted by Crippen LogP contribution is -2.40. The Labute approximate surface area is 199 Å². The molecule has 0 atom stereocenters. The minimum Gasteiger partial charge on any atom is -0.399 e. The van der Waals surface area contributed by atoms with Gasteiger partial charge in [-0.3, -0.25) is 9.78 Å². The average Bonchev–Trinajstić information content (AvgIpc) is 2.88. The van der Waals surface area contributed by atoms with Crippen LogP contribution in [0.4, 0.5) is 11.4 Å². The first-order chi connectivity index (χ1) is 16.1. The number of hydrogen-bond donors (Lipinski definition) is 0. The molecular weight excluding hydrogens is 436 g/mol. The first-order valence-corrected chi connectivity index (χ1v) is 11.3. The first-order valence-electron chi connectivity index (χ1n) is 11.0. The van der Waals surface area contributed by atoms with Gasteiger partial charge in [0.2, 0.25) is 0 Å². The van der Waals surface area contributed by atoms with Crippen molar-refractivity contribution in [3.63, 3.8) is 0 Å². The highest BCUT2D eigenvalue weighted by molar-refractivity contribution is 6.30. The molecule has 0 N–H and O–H groups in total. The summed E-state index contributed by atoms with van der Waals surface area (Å²) in [6.45, 7) is 1.36. The fourth-order valence-corrected chi connectivity index (χ4v) is 4.29. The maximum atomic E-state index is 13.1. The summed E-state index contributed by atoms with van der Waals surface area (Å²) in [5.74, 6) is 0.287. The lowest BCUT2D eigenvalue weighted by Gasteiger charge is -2.32. The Morgan fingerprint density at radius 3 is 2.15 bits per heavy atom. The van der Waals surface area contributed by atoms with Crippen molar-refractivity contribution in [2.24, 2.45) is 11.1 Å². The maximum Gasteiger partial charge on any atom is 0.253 e. The van der Waals surface area contributed by atoms with Crippen LogP contribution in [0.3, 0.4) is 0 Å². The van der Waals surface area contributed by atoms with Gasteiger partial charge in [-0.15, -0.1) is 0 Å². The van der Waals surface area contributed by atoms with Crippen molar-refractivity contribution in [3.05, 3.63) is 89.2 Å². The van der Waals surface area contributed by atoms with Crippen LogP contribution >= 0.6 is 11.6 Å². The van der Waals surface area contributed by atoms with Crippen LogP contribution in [0.25, 0.3) is 0 Å². The molecule has 1 aromatic heterocycles. The highest BCUT2D eigenvalue weighted by atomic mass is 35.5. The van der Waals surface area contributed by atoms with Crippen LogP contribution in [0.2, 0.25) is 5.02 Å². The molecule has 4 rings (SSSR count). The van der Waals surface area contributed by atoms with Gasteiger partial charge in [0.05, 0.1) is 5.71 Å². The van der Waals surface area contributed by atoms with E-state index >= 15 is 0 Å². The highest BCUT2D eigenvalue weighted by Gasteiger charge is 2.28. The number of likely N-dealkylation sites (tertiary alicyclic amines) is 1. The normalized spacial score (nSPS) is 14.8. The predicted molar refractivity (Wildman–Crippen MR) is 132 cm³/mol. The Morgan fingerprint density at radius 1 is 0.970 bits per heavy atom. The van der Waals surface area contributed by atoms with E-state index in [1.165, 1.54) is 0 Å². The zero-order valence-corrected chi connectivity index (χ0v) is 19.6. The second-order valence-corrected chi connectivity index (χ2v) is 8.48. The summed E-state index contributed by atoms with van der Waals surface area (Å²) in [7, 11) is 3.56. The summed E-state index contributed by atoms with van der Waals surface area (Å²) in [4.78, 5) is 26.3. The Hall–Kier alpha value is -3.38. The third-order valence-corrected chi connectivity index (χ3v) is 6.30. The van der Waals surface area contributed by atoms with Crippen molar-refractivity contribution in [2.45, 2.75) is 12.8 Å². The van der Waals surface area contributed by atoms with E-state index < -0.39 is 0 Å². The summed E-state index contributed by atoms with van der Waals surface area (Å²) >= 11 is 6.03. The molecule has 0 bridgehead atoms. The quantitative estimate of drug-likeness (QED) is 0.363. The SMILES string of the molecule is CO/N=C(\c1ccc(Cl)cc1)C1CCN(C(=O)c2ccc(N(C)c3ccncc3)cc2)CC1. The minimum absolute atomic E-state index is 0.0586. The molecule has 0 radical (unpaired) electrons. The van der Waals surface area contributed by atoms with E-state index in [9.17, 15) is 4.79 Å². The van der Waals surface area contributed by atoms with Gasteiger partial charge in [-0.25, -0.2) is 0 Å². The number of carbonyl (C=O) groups is 1. The van der Waals surface area contributed by atoms with Gasteiger partial charge in [0.25, 0.3) is 5.91 Å². The van der Waals surface area contributed by atoms with Gasteiger partial charge in [-0.1, -0.05) is 28.9 Å². The molecule has 170 valence electrons. The number of halogens is 1. The molecule has 0 aliphatic carbocycles. The first kappa shape index (κ1) is 22.8. The van der Waals surface area contributed by atoms with Crippen molar-refractivity contribution in [2.75, 3.05) is 32.1 Å². The molecular formula is C26H27ClN4O2. The van der Waals surface area contributed by atoms with Crippen LogP contribution in [0.15, 0.2) is 78.2 Å². The van der Waals surface area contributed by atoms with Crippen LogP contribution < -0.4 is 4.90 Å². The number of pyridine rings is 1. The number of aromatic nitrogens is 1. The predicted octanol–water partition coefficient (Wildman–Crippen LogP) is 5.41. The summed E-state index contributed by atoms with van der Waals surface area (Å²) in [5, 5.41) is 4.98. The van der Waals surface area contributed by atoms with E-state index in [0.717, 1.165) is 35.5 Å². The molecule has 3 aromatic rings. The van der Waals surface area contributed by atoms with Gasteiger partial charge >= 0.3 is 0 Å². The maximum absolute atomic E-state index is 13.1. The van der Waals surface area contributed by atoms with Crippen molar-refractivity contribution in [1.82, 2.24) is 9.88 Å².